The van der Waals surface area contributed by atoms with E-state index in [-0.39, 0.29) is 5.91 Å². The van der Waals surface area contributed by atoms with Crippen molar-refractivity contribution < 1.29 is 14.3 Å². The Morgan fingerprint density at radius 3 is 2.95 bits per heavy atom. The summed E-state index contributed by atoms with van der Waals surface area (Å²) in [6.45, 7) is 0. The summed E-state index contributed by atoms with van der Waals surface area (Å²) < 4.78 is 4.67. The molecule has 0 aliphatic carbocycles. The van der Waals surface area contributed by atoms with Gasteiger partial charge >= 0.3 is 5.97 Å². The topological polar surface area (TPSA) is 68.3 Å². The number of aromatic nitrogens is 1. The van der Waals surface area contributed by atoms with Crippen LogP contribution in [0.15, 0.2) is 35.8 Å². The largest absolute Gasteiger partial charge is 0.465 e. The number of hydrogen-bond donors (Lipinski definition) is 1. The number of methoxy groups -OCH3 is 1. The number of amides is 1. The highest BCUT2D eigenvalue weighted by molar-refractivity contribution is 7.99. The van der Waals surface area contributed by atoms with E-state index in [1.165, 1.54) is 30.2 Å². The van der Waals surface area contributed by atoms with Gasteiger partial charge in [0.25, 0.3) is 0 Å². The van der Waals surface area contributed by atoms with E-state index in [1.54, 1.807) is 17.6 Å². The van der Waals surface area contributed by atoms with E-state index in [1.807, 2.05) is 18.2 Å². The van der Waals surface area contributed by atoms with Crippen molar-refractivity contribution in [2.75, 3.05) is 23.9 Å². The molecule has 0 aliphatic heterocycles. The van der Waals surface area contributed by atoms with E-state index in [2.05, 4.69) is 15.0 Å². The van der Waals surface area contributed by atoms with E-state index in [9.17, 15) is 9.59 Å². The highest BCUT2D eigenvalue weighted by Gasteiger charge is 2.15. The molecule has 0 radical (unpaired) electrons. The number of ether oxygens (including phenoxy) is 1. The predicted molar refractivity (Wildman–Crippen MR) is 89.6 cm³/mol. The third-order valence-corrected chi connectivity index (χ3v) is 4.63. The first-order valence-electron chi connectivity index (χ1n) is 6.64. The quantitative estimate of drug-likeness (QED) is 0.622. The van der Waals surface area contributed by atoms with Crippen molar-refractivity contribution >= 4 is 40.7 Å². The molecule has 0 atom stereocenters. The zero-order valence-corrected chi connectivity index (χ0v) is 13.7. The maximum atomic E-state index is 11.9. The van der Waals surface area contributed by atoms with E-state index in [0.717, 1.165) is 17.9 Å². The highest BCUT2D eigenvalue weighted by atomic mass is 32.2. The van der Waals surface area contributed by atoms with Gasteiger partial charge in [-0.15, -0.1) is 11.3 Å². The first kappa shape index (κ1) is 16.5. The van der Waals surface area contributed by atoms with E-state index < -0.39 is 5.97 Å². The van der Waals surface area contributed by atoms with Crippen LogP contribution >= 0.6 is 23.1 Å². The van der Waals surface area contributed by atoms with Gasteiger partial charge in [-0.2, -0.15) is 11.8 Å². The predicted octanol–water partition coefficient (Wildman–Crippen LogP) is 2.84. The molecule has 0 unspecified atom stereocenters. The van der Waals surface area contributed by atoms with Crippen LogP contribution in [0.4, 0.5) is 5.69 Å². The summed E-state index contributed by atoms with van der Waals surface area (Å²) in [6.07, 6.45) is 2.59. The van der Waals surface area contributed by atoms with Crippen molar-refractivity contribution in [2.45, 2.75) is 6.42 Å². The van der Waals surface area contributed by atoms with Crippen LogP contribution in [0.25, 0.3) is 0 Å². The SMILES string of the molecule is COC(=O)c1sccc1NC(=O)CSCCc1ccccn1. The molecular formula is C15H16N2O3S2. The lowest BCUT2D eigenvalue weighted by molar-refractivity contribution is -0.113. The Kier molecular flexibility index (Phi) is 6.42. The zero-order chi connectivity index (χ0) is 15.8. The molecular weight excluding hydrogens is 320 g/mol. The molecule has 0 aromatic carbocycles. The van der Waals surface area contributed by atoms with Crippen molar-refractivity contribution in [3.05, 3.63) is 46.4 Å². The van der Waals surface area contributed by atoms with Crippen LogP contribution in [-0.4, -0.2) is 35.5 Å². The monoisotopic (exact) mass is 336 g/mol. The lowest BCUT2D eigenvalue weighted by atomic mass is 10.3. The van der Waals surface area contributed by atoms with Gasteiger partial charge in [0.05, 0.1) is 18.6 Å². The van der Waals surface area contributed by atoms with Gasteiger partial charge in [-0.25, -0.2) is 4.79 Å². The second kappa shape index (κ2) is 8.55. The summed E-state index contributed by atoms with van der Waals surface area (Å²) >= 11 is 2.78. The zero-order valence-electron chi connectivity index (χ0n) is 12.1. The number of nitrogens with one attached hydrogen (secondary N) is 1. The van der Waals surface area contributed by atoms with Crippen LogP contribution in [0.2, 0.25) is 0 Å². The first-order valence-corrected chi connectivity index (χ1v) is 8.67. The Balaban J connectivity index is 1.74. The van der Waals surface area contributed by atoms with Gasteiger partial charge in [-0.1, -0.05) is 6.07 Å². The van der Waals surface area contributed by atoms with Crippen molar-refractivity contribution in [3.8, 4) is 0 Å². The van der Waals surface area contributed by atoms with Crippen LogP contribution < -0.4 is 5.32 Å². The molecule has 0 aliphatic rings. The minimum absolute atomic E-state index is 0.130. The summed E-state index contributed by atoms with van der Waals surface area (Å²) in [6, 6.07) is 7.50. The maximum absolute atomic E-state index is 11.9. The van der Waals surface area contributed by atoms with Gasteiger partial charge in [-0.3, -0.25) is 9.78 Å². The first-order chi connectivity index (χ1) is 10.7. The van der Waals surface area contributed by atoms with Crippen LogP contribution in [-0.2, 0) is 16.0 Å². The van der Waals surface area contributed by atoms with Crippen molar-refractivity contribution in [3.63, 3.8) is 0 Å². The average molecular weight is 336 g/mol. The molecule has 2 aromatic heterocycles. The number of esters is 1. The lowest BCUT2D eigenvalue weighted by Crippen LogP contribution is -2.16. The second-order valence-corrected chi connectivity index (χ2v) is 6.35. The molecule has 116 valence electrons. The molecule has 0 saturated heterocycles. The molecule has 1 amide bonds. The number of thioether (sulfide) groups is 1. The molecule has 2 aromatic rings. The normalized spacial score (nSPS) is 10.2. The number of pyridine rings is 1. The Labute approximate surface area is 137 Å². The maximum Gasteiger partial charge on any atom is 0.350 e. The van der Waals surface area contributed by atoms with Gasteiger partial charge in [0.2, 0.25) is 5.91 Å². The van der Waals surface area contributed by atoms with Crippen molar-refractivity contribution in [1.82, 2.24) is 4.98 Å². The number of thiophene rings is 1. The Bertz CT molecular complexity index is 629. The van der Waals surface area contributed by atoms with E-state index >= 15 is 0 Å². The van der Waals surface area contributed by atoms with E-state index in [0.29, 0.717) is 16.3 Å². The number of hydrogen-bond acceptors (Lipinski definition) is 6. The molecule has 22 heavy (non-hydrogen) atoms. The Hall–Kier alpha value is -1.86. The average Bonchev–Trinajstić information content (AvgIpc) is 3.00. The lowest BCUT2D eigenvalue weighted by Gasteiger charge is -2.05. The molecule has 7 heteroatoms. The summed E-state index contributed by atoms with van der Waals surface area (Å²) in [5, 5.41) is 4.48. The van der Waals surface area contributed by atoms with Crippen LogP contribution in [0.5, 0.6) is 0 Å². The second-order valence-electron chi connectivity index (χ2n) is 4.33. The van der Waals surface area contributed by atoms with Crippen molar-refractivity contribution in [2.24, 2.45) is 0 Å². The molecule has 0 fully saturated rings. The number of carbonyl (C=O) groups is 2. The van der Waals surface area contributed by atoms with E-state index in [4.69, 9.17) is 0 Å². The standard InChI is InChI=1S/C15H16N2O3S2/c1-20-15(19)14-12(6-9-22-14)17-13(18)10-21-8-5-11-4-2-3-7-16-11/h2-4,6-7,9H,5,8,10H2,1H3,(H,17,18). The van der Waals surface area contributed by atoms with Crippen LogP contribution in [0.1, 0.15) is 15.4 Å². The fourth-order valence-corrected chi connectivity index (χ4v) is 3.25. The Morgan fingerprint density at radius 2 is 2.23 bits per heavy atom. The summed E-state index contributed by atoms with van der Waals surface area (Å²) in [5.41, 5.74) is 1.52. The summed E-state index contributed by atoms with van der Waals surface area (Å²) in [4.78, 5) is 28.1. The summed E-state index contributed by atoms with van der Waals surface area (Å²) in [7, 11) is 1.32. The minimum Gasteiger partial charge on any atom is -0.465 e. The third-order valence-electron chi connectivity index (χ3n) is 2.77. The number of nitrogens with zero attached hydrogens (tertiary/aromatic N) is 1. The minimum atomic E-state index is -0.437. The number of carbonyl (C=O) groups excluding carboxylic acids is 2. The third kappa shape index (κ3) is 4.85. The molecule has 5 nitrogen and oxygen atoms in total. The van der Waals surface area contributed by atoms with Gasteiger partial charge in [-0.05, 0) is 35.8 Å². The number of anilines is 1. The molecule has 0 spiro atoms. The van der Waals surface area contributed by atoms with Gasteiger partial charge in [0, 0.05) is 11.9 Å². The number of rotatable bonds is 7. The smallest absolute Gasteiger partial charge is 0.350 e. The summed E-state index contributed by atoms with van der Waals surface area (Å²) in [5.74, 6) is 0.587. The van der Waals surface area contributed by atoms with Crippen LogP contribution in [0.3, 0.4) is 0 Å². The van der Waals surface area contributed by atoms with Gasteiger partial charge < -0.3 is 10.1 Å². The molecule has 2 rings (SSSR count). The molecule has 2 heterocycles. The molecule has 0 saturated carbocycles. The molecule has 1 N–H and O–H groups in total. The van der Waals surface area contributed by atoms with Crippen molar-refractivity contribution in [1.29, 1.82) is 0 Å². The fourth-order valence-electron chi connectivity index (χ4n) is 1.73. The molecule has 0 bridgehead atoms. The number of aryl methyl sites for hydroxylation is 1. The van der Waals surface area contributed by atoms with Crippen LogP contribution in [0, 0.1) is 0 Å². The van der Waals surface area contributed by atoms with Gasteiger partial charge in [0.1, 0.15) is 4.88 Å². The fraction of sp³-hybridized carbons (Fsp3) is 0.267. The van der Waals surface area contributed by atoms with Gasteiger partial charge in [0.15, 0.2) is 0 Å². The highest BCUT2D eigenvalue weighted by Crippen LogP contribution is 2.23. The Morgan fingerprint density at radius 1 is 1.36 bits per heavy atom.